The Morgan fingerprint density at radius 1 is 1.36 bits per heavy atom. The van der Waals surface area contributed by atoms with Gasteiger partial charge in [0.1, 0.15) is 16.6 Å². The van der Waals surface area contributed by atoms with Gasteiger partial charge in [0.2, 0.25) is 0 Å². The summed E-state index contributed by atoms with van der Waals surface area (Å²) >= 11 is 7.24. The van der Waals surface area contributed by atoms with Crippen molar-refractivity contribution in [1.29, 1.82) is 0 Å². The van der Waals surface area contributed by atoms with Crippen LogP contribution in [0.25, 0.3) is 0 Å². The number of hydrogen-bond donors (Lipinski definition) is 1. The van der Waals surface area contributed by atoms with E-state index in [1.54, 1.807) is 0 Å². The lowest BCUT2D eigenvalue weighted by Crippen LogP contribution is -2.21. The summed E-state index contributed by atoms with van der Waals surface area (Å²) in [5.41, 5.74) is 1.38. The van der Waals surface area contributed by atoms with Gasteiger partial charge in [-0.25, -0.2) is 9.18 Å². The molecular weight excluding hydrogens is 369 g/mol. The first-order chi connectivity index (χ1) is 12.0. The molecule has 0 atom stereocenters. The van der Waals surface area contributed by atoms with E-state index in [0.717, 1.165) is 35.8 Å². The van der Waals surface area contributed by atoms with Crippen LogP contribution in [0.1, 0.15) is 27.2 Å². The molecule has 1 aromatic carbocycles. The maximum absolute atomic E-state index is 13.0. The molecule has 1 heterocycles. The highest BCUT2D eigenvalue weighted by atomic mass is 35.5. The molecule has 1 aliphatic rings. The van der Waals surface area contributed by atoms with E-state index in [2.05, 4.69) is 5.32 Å². The SMILES string of the molecule is COC(=O)c1c(NC(=O)COc2ccc(F)cc2Cl)sc2c1CCC2. The van der Waals surface area contributed by atoms with Crippen LogP contribution in [0.5, 0.6) is 5.75 Å². The summed E-state index contributed by atoms with van der Waals surface area (Å²) in [6, 6.07) is 3.65. The molecular formula is C17H15ClFNO4S. The van der Waals surface area contributed by atoms with Crippen LogP contribution in [0, 0.1) is 5.82 Å². The minimum Gasteiger partial charge on any atom is -0.482 e. The minimum absolute atomic E-state index is 0.0816. The van der Waals surface area contributed by atoms with Crippen molar-refractivity contribution in [3.05, 3.63) is 45.0 Å². The largest absolute Gasteiger partial charge is 0.482 e. The van der Waals surface area contributed by atoms with Gasteiger partial charge < -0.3 is 14.8 Å². The standard InChI is InChI=1S/C17H15ClFNO4S/c1-23-17(22)15-10-3-2-4-13(10)25-16(15)20-14(21)8-24-12-6-5-9(19)7-11(12)18/h5-7H,2-4,8H2,1H3,(H,20,21). The van der Waals surface area contributed by atoms with Crippen LogP contribution >= 0.6 is 22.9 Å². The lowest BCUT2D eigenvalue weighted by Gasteiger charge is -2.09. The third kappa shape index (κ3) is 3.77. The van der Waals surface area contributed by atoms with Crippen LogP contribution in [0.3, 0.4) is 0 Å². The van der Waals surface area contributed by atoms with Gasteiger partial charge in [-0.05, 0) is 43.0 Å². The number of benzene rings is 1. The second-order valence-corrected chi connectivity index (χ2v) is 6.98. The average molecular weight is 384 g/mol. The van der Waals surface area contributed by atoms with Gasteiger partial charge in [-0.3, -0.25) is 4.79 Å². The predicted molar refractivity (Wildman–Crippen MR) is 93.2 cm³/mol. The molecule has 0 bridgehead atoms. The van der Waals surface area contributed by atoms with Crippen LogP contribution in [-0.4, -0.2) is 25.6 Å². The fourth-order valence-electron chi connectivity index (χ4n) is 2.71. The lowest BCUT2D eigenvalue weighted by molar-refractivity contribution is -0.118. The maximum atomic E-state index is 13.0. The molecule has 1 aliphatic carbocycles. The molecule has 132 valence electrons. The van der Waals surface area contributed by atoms with E-state index in [-0.39, 0.29) is 17.4 Å². The van der Waals surface area contributed by atoms with Crippen LogP contribution in [0.4, 0.5) is 9.39 Å². The van der Waals surface area contributed by atoms with Gasteiger partial charge in [0, 0.05) is 4.88 Å². The number of esters is 1. The van der Waals surface area contributed by atoms with E-state index >= 15 is 0 Å². The van der Waals surface area contributed by atoms with Crippen LogP contribution in [0.2, 0.25) is 5.02 Å². The number of nitrogens with one attached hydrogen (secondary N) is 1. The number of rotatable bonds is 5. The van der Waals surface area contributed by atoms with Crippen LogP contribution in [-0.2, 0) is 22.4 Å². The summed E-state index contributed by atoms with van der Waals surface area (Å²) in [6.45, 7) is -0.311. The molecule has 0 fully saturated rings. The zero-order chi connectivity index (χ0) is 18.0. The first-order valence-corrected chi connectivity index (χ1v) is 8.79. The van der Waals surface area contributed by atoms with Gasteiger partial charge in [0.05, 0.1) is 17.7 Å². The highest BCUT2D eigenvalue weighted by Crippen LogP contribution is 2.39. The van der Waals surface area contributed by atoms with Crippen molar-refractivity contribution in [3.8, 4) is 5.75 Å². The number of carbonyl (C=O) groups is 2. The van der Waals surface area contributed by atoms with Crippen molar-refractivity contribution in [2.24, 2.45) is 0 Å². The molecule has 0 radical (unpaired) electrons. The van der Waals surface area contributed by atoms with Crippen molar-refractivity contribution in [2.75, 3.05) is 19.0 Å². The highest BCUT2D eigenvalue weighted by molar-refractivity contribution is 7.17. The Balaban J connectivity index is 1.70. The molecule has 25 heavy (non-hydrogen) atoms. The molecule has 1 amide bonds. The summed E-state index contributed by atoms with van der Waals surface area (Å²) in [4.78, 5) is 25.3. The summed E-state index contributed by atoms with van der Waals surface area (Å²) in [5, 5.41) is 3.24. The number of thiophene rings is 1. The van der Waals surface area contributed by atoms with Crippen molar-refractivity contribution >= 4 is 39.8 Å². The second kappa shape index (κ2) is 7.41. The Hall–Kier alpha value is -2.12. The number of methoxy groups -OCH3 is 1. The van der Waals surface area contributed by atoms with Crippen molar-refractivity contribution < 1.29 is 23.5 Å². The van der Waals surface area contributed by atoms with E-state index in [1.165, 1.54) is 30.6 Å². The molecule has 0 saturated carbocycles. The summed E-state index contributed by atoms with van der Waals surface area (Å²) in [6.07, 6.45) is 2.68. The topological polar surface area (TPSA) is 64.6 Å². The molecule has 2 aromatic rings. The van der Waals surface area contributed by atoms with Gasteiger partial charge in [0.15, 0.2) is 6.61 Å². The summed E-state index contributed by atoms with van der Waals surface area (Å²) < 4.78 is 23.1. The third-order valence-electron chi connectivity index (χ3n) is 3.82. The fourth-order valence-corrected chi connectivity index (χ4v) is 4.22. The molecule has 0 unspecified atom stereocenters. The van der Waals surface area contributed by atoms with Crippen LogP contribution < -0.4 is 10.1 Å². The highest BCUT2D eigenvalue weighted by Gasteiger charge is 2.28. The molecule has 0 saturated heterocycles. The molecule has 1 aromatic heterocycles. The molecule has 1 N–H and O–H groups in total. The van der Waals surface area contributed by atoms with Gasteiger partial charge >= 0.3 is 5.97 Å². The number of carbonyl (C=O) groups excluding carboxylic acids is 2. The zero-order valence-electron chi connectivity index (χ0n) is 13.4. The number of halogens is 2. The van der Waals surface area contributed by atoms with E-state index in [1.807, 2.05) is 0 Å². The monoisotopic (exact) mass is 383 g/mol. The van der Waals surface area contributed by atoms with Gasteiger partial charge in [-0.1, -0.05) is 11.6 Å². The number of ether oxygens (including phenoxy) is 2. The van der Waals surface area contributed by atoms with Gasteiger partial charge in [0.25, 0.3) is 5.91 Å². The minimum atomic E-state index is -0.488. The van der Waals surface area contributed by atoms with E-state index < -0.39 is 17.7 Å². The molecule has 8 heteroatoms. The Bertz CT molecular complexity index is 836. The van der Waals surface area contributed by atoms with E-state index in [9.17, 15) is 14.0 Å². The lowest BCUT2D eigenvalue weighted by atomic mass is 10.1. The van der Waals surface area contributed by atoms with Gasteiger partial charge in [-0.15, -0.1) is 11.3 Å². The van der Waals surface area contributed by atoms with Crippen molar-refractivity contribution in [2.45, 2.75) is 19.3 Å². The second-order valence-electron chi connectivity index (χ2n) is 5.46. The quantitative estimate of drug-likeness (QED) is 0.797. The first kappa shape index (κ1) is 17.7. The Labute approximate surface area is 152 Å². The zero-order valence-corrected chi connectivity index (χ0v) is 14.9. The van der Waals surface area contributed by atoms with Crippen molar-refractivity contribution in [3.63, 3.8) is 0 Å². The predicted octanol–water partition coefficient (Wildman–Crippen LogP) is 3.83. The van der Waals surface area contributed by atoms with Crippen LogP contribution in [0.15, 0.2) is 18.2 Å². The first-order valence-electron chi connectivity index (χ1n) is 7.60. The molecule has 5 nitrogen and oxygen atoms in total. The Kier molecular flexibility index (Phi) is 5.24. The number of aryl methyl sites for hydroxylation is 1. The smallest absolute Gasteiger partial charge is 0.341 e. The fraction of sp³-hybridized carbons (Fsp3) is 0.294. The molecule has 3 rings (SSSR count). The van der Waals surface area contributed by atoms with E-state index in [4.69, 9.17) is 21.1 Å². The Morgan fingerprint density at radius 2 is 2.16 bits per heavy atom. The summed E-state index contributed by atoms with van der Waals surface area (Å²) in [5.74, 6) is -1.18. The number of fused-ring (bicyclic) bond motifs is 1. The van der Waals surface area contributed by atoms with Gasteiger partial charge in [-0.2, -0.15) is 0 Å². The summed E-state index contributed by atoms with van der Waals surface area (Å²) in [7, 11) is 1.31. The number of hydrogen-bond acceptors (Lipinski definition) is 5. The third-order valence-corrected chi connectivity index (χ3v) is 5.32. The number of anilines is 1. The average Bonchev–Trinajstić information content (AvgIpc) is 3.14. The van der Waals surface area contributed by atoms with Crippen molar-refractivity contribution in [1.82, 2.24) is 0 Å². The normalized spacial score (nSPS) is 12.6. The maximum Gasteiger partial charge on any atom is 0.341 e. The number of amides is 1. The molecule has 0 spiro atoms. The molecule has 0 aliphatic heterocycles. The Morgan fingerprint density at radius 3 is 2.88 bits per heavy atom. The van der Waals surface area contributed by atoms with E-state index in [0.29, 0.717) is 10.6 Å².